The van der Waals surface area contributed by atoms with Gasteiger partial charge in [0, 0.05) is 24.0 Å². The van der Waals surface area contributed by atoms with Crippen molar-refractivity contribution in [1.82, 2.24) is 5.32 Å². The number of carbonyl (C=O) groups excluding carboxylic acids is 1. The number of ether oxygens (including phenoxy) is 1. The molecule has 0 bridgehead atoms. The maximum atomic E-state index is 12.4. The van der Waals surface area contributed by atoms with E-state index in [1.807, 2.05) is 26.8 Å². The predicted octanol–water partition coefficient (Wildman–Crippen LogP) is 3.64. The minimum Gasteiger partial charge on any atom is -0.452 e. The Morgan fingerprint density at radius 1 is 1.19 bits per heavy atom. The summed E-state index contributed by atoms with van der Waals surface area (Å²) in [5.41, 5.74) is -0.673. The first kappa shape index (κ1) is 24.1. The Balaban J connectivity index is 2.77. The van der Waals surface area contributed by atoms with Crippen molar-refractivity contribution in [3.05, 3.63) is 11.6 Å². The summed E-state index contributed by atoms with van der Waals surface area (Å²) in [5.74, 6) is 1.46. The van der Waals surface area contributed by atoms with Gasteiger partial charge in [-0.3, -0.25) is 5.32 Å². The van der Waals surface area contributed by atoms with E-state index in [9.17, 15) is 15.0 Å². The molecule has 1 aliphatic heterocycles. The summed E-state index contributed by atoms with van der Waals surface area (Å²) in [6, 6.07) is 0. The van der Waals surface area contributed by atoms with E-state index in [1.54, 1.807) is 0 Å². The van der Waals surface area contributed by atoms with Gasteiger partial charge in [0.2, 0.25) is 0 Å². The van der Waals surface area contributed by atoms with Crippen LogP contribution < -0.4 is 5.32 Å². The Morgan fingerprint density at radius 3 is 2.19 bits per heavy atom. The van der Waals surface area contributed by atoms with Crippen molar-refractivity contribution < 1.29 is 19.7 Å². The lowest BCUT2D eigenvalue weighted by Crippen LogP contribution is -2.50. The monoisotopic (exact) mass is 383 g/mol. The lowest BCUT2D eigenvalue weighted by Gasteiger charge is -2.31. The molecule has 0 spiro atoms. The van der Waals surface area contributed by atoms with Crippen molar-refractivity contribution in [1.29, 1.82) is 0 Å². The highest BCUT2D eigenvalue weighted by atomic mass is 16.6. The fourth-order valence-electron chi connectivity index (χ4n) is 3.64. The Bertz CT molecular complexity index is 497. The van der Waals surface area contributed by atoms with Crippen molar-refractivity contribution in [3.63, 3.8) is 0 Å². The summed E-state index contributed by atoms with van der Waals surface area (Å²) in [6.45, 7) is 14.7. The smallest absolute Gasteiger partial charge is 0.334 e. The fourth-order valence-corrected chi connectivity index (χ4v) is 3.64. The van der Waals surface area contributed by atoms with Gasteiger partial charge in [-0.05, 0) is 37.0 Å². The van der Waals surface area contributed by atoms with E-state index in [0.717, 1.165) is 19.3 Å². The van der Waals surface area contributed by atoms with Gasteiger partial charge >= 0.3 is 5.97 Å². The van der Waals surface area contributed by atoms with Gasteiger partial charge in [-0.1, -0.05) is 54.5 Å². The largest absolute Gasteiger partial charge is 0.452 e. The number of nitrogens with one attached hydrogen (secondary N) is 1. The Morgan fingerprint density at radius 2 is 1.74 bits per heavy atom. The van der Waals surface area contributed by atoms with Crippen molar-refractivity contribution in [2.45, 2.75) is 86.0 Å². The number of hydrogen-bond acceptors (Lipinski definition) is 5. The molecule has 5 heteroatoms. The second-order valence-electron chi connectivity index (χ2n) is 10.1. The molecule has 2 unspecified atom stereocenters. The van der Waals surface area contributed by atoms with Gasteiger partial charge in [-0.15, -0.1) is 0 Å². The van der Waals surface area contributed by atoms with Crippen molar-refractivity contribution >= 4 is 5.97 Å². The summed E-state index contributed by atoms with van der Waals surface area (Å²) in [6.07, 6.45) is 4.79. The SMILES string of the molecule is CC(C)CC(C/C=C1/CC(CO)(CNC(O)C(C)(C)C)OC1=O)CC(C)C. The molecule has 0 aromatic rings. The second-order valence-corrected chi connectivity index (χ2v) is 10.1. The first-order valence-corrected chi connectivity index (χ1v) is 10.3. The lowest BCUT2D eigenvalue weighted by molar-refractivity contribution is -0.150. The van der Waals surface area contributed by atoms with Crippen LogP contribution in [-0.4, -0.2) is 41.2 Å². The lowest BCUT2D eigenvalue weighted by atomic mass is 9.86. The van der Waals surface area contributed by atoms with Gasteiger partial charge in [0.1, 0.15) is 6.23 Å². The quantitative estimate of drug-likeness (QED) is 0.305. The first-order chi connectivity index (χ1) is 12.4. The molecule has 1 rings (SSSR count). The zero-order valence-electron chi connectivity index (χ0n) is 18.3. The minimum atomic E-state index is -0.985. The average molecular weight is 384 g/mol. The third kappa shape index (κ3) is 7.92. The molecule has 0 amide bonds. The number of esters is 1. The van der Waals surface area contributed by atoms with Gasteiger partial charge < -0.3 is 14.9 Å². The number of aliphatic hydroxyl groups is 2. The molecule has 27 heavy (non-hydrogen) atoms. The first-order valence-electron chi connectivity index (χ1n) is 10.3. The third-order valence-electron chi connectivity index (χ3n) is 5.12. The fraction of sp³-hybridized carbons (Fsp3) is 0.864. The Hall–Kier alpha value is -0.910. The minimum absolute atomic E-state index is 0.229. The Labute approximate surface area is 165 Å². The van der Waals surface area contributed by atoms with Crippen LogP contribution in [0.3, 0.4) is 0 Å². The molecule has 0 saturated carbocycles. The van der Waals surface area contributed by atoms with E-state index in [1.165, 1.54) is 0 Å². The molecule has 1 aliphatic rings. The summed E-state index contributed by atoms with van der Waals surface area (Å²) in [4.78, 5) is 12.4. The summed E-state index contributed by atoms with van der Waals surface area (Å²) >= 11 is 0. The van der Waals surface area contributed by atoms with Crippen LogP contribution in [0.4, 0.5) is 0 Å². The van der Waals surface area contributed by atoms with Gasteiger partial charge in [-0.2, -0.15) is 0 Å². The standard InChI is InChI=1S/C22H41NO4/c1-15(2)10-17(11-16(3)4)8-9-18-12-22(14-24,27-19(18)25)13-23-20(26)21(5,6)7/h9,15-17,20,23-24,26H,8,10-14H2,1-7H3/b18-9-. The van der Waals surface area contributed by atoms with Gasteiger partial charge in [0.25, 0.3) is 0 Å². The summed E-state index contributed by atoms with van der Waals surface area (Å²) < 4.78 is 5.54. The molecule has 0 aliphatic carbocycles. The maximum Gasteiger partial charge on any atom is 0.334 e. The highest BCUT2D eigenvalue weighted by molar-refractivity contribution is 5.91. The number of allylic oxidation sites excluding steroid dienone is 1. The number of cyclic esters (lactones) is 1. The van der Waals surface area contributed by atoms with E-state index >= 15 is 0 Å². The molecule has 0 radical (unpaired) electrons. The number of hydrogen-bond donors (Lipinski definition) is 3. The normalized spacial score (nSPS) is 23.7. The maximum absolute atomic E-state index is 12.4. The van der Waals surface area contributed by atoms with Crippen LogP contribution in [0, 0.1) is 23.2 Å². The Kier molecular flexibility index (Phi) is 8.97. The van der Waals surface area contributed by atoms with Crippen LogP contribution in [0.1, 0.15) is 74.1 Å². The van der Waals surface area contributed by atoms with Crippen LogP contribution >= 0.6 is 0 Å². The number of aliphatic hydroxyl groups excluding tert-OH is 2. The van der Waals surface area contributed by atoms with Crippen LogP contribution in [0.25, 0.3) is 0 Å². The molecule has 1 fully saturated rings. The van der Waals surface area contributed by atoms with Crippen LogP contribution in [-0.2, 0) is 9.53 Å². The van der Waals surface area contributed by atoms with Crippen LogP contribution in [0.15, 0.2) is 11.6 Å². The highest BCUT2D eigenvalue weighted by Gasteiger charge is 2.43. The second kappa shape index (κ2) is 10.0. The topological polar surface area (TPSA) is 78.8 Å². The molecule has 158 valence electrons. The molecule has 3 N–H and O–H groups in total. The molecule has 5 nitrogen and oxygen atoms in total. The molecule has 1 heterocycles. The molecular formula is C22H41NO4. The van der Waals surface area contributed by atoms with E-state index in [0.29, 0.717) is 29.7 Å². The van der Waals surface area contributed by atoms with Crippen molar-refractivity contribution in [2.75, 3.05) is 13.2 Å². The zero-order chi connectivity index (χ0) is 20.8. The summed E-state index contributed by atoms with van der Waals surface area (Å²) in [5, 5.41) is 23.0. The van der Waals surface area contributed by atoms with E-state index in [2.05, 4.69) is 33.0 Å². The van der Waals surface area contributed by atoms with Gasteiger partial charge in [0.05, 0.1) is 6.61 Å². The number of rotatable bonds is 10. The van der Waals surface area contributed by atoms with Gasteiger partial charge in [0.15, 0.2) is 5.60 Å². The molecule has 0 aromatic heterocycles. The third-order valence-corrected chi connectivity index (χ3v) is 5.12. The van der Waals surface area contributed by atoms with Crippen LogP contribution in [0.2, 0.25) is 0 Å². The predicted molar refractivity (Wildman–Crippen MR) is 109 cm³/mol. The molecule has 0 aromatic carbocycles. The van der Waals surface area contributed by atoms with Gasteiger partial charge in [-0.25, -0.2) is 4.79 Å². The molecular weight excluding hydrogens is 342 g/mol. The van der Waals surface area contributed by atoms with E-state index in [4.69, 9.17) is 4.74 Å². The summed E-state index contributed by atoms with van der Waals surface area (Å²) in [7, 11) is 0. The zero-order valence-corrected chi connectivity index (χ0v) is 18.3. The van der Waals surface area contributed by atoms with E-state index < -0.39 is 11.8 Å². The molecule has 1 saturated heterocycles. The molecule has 2 atom stereocenters. The number of carbonyl (C=O) groups is 1. The highest BCUT2D eigenvalue weighted by Crippen LogP contribution is 2.33. The van der Waals surface area contributed by atoms with Crippen molar-refractivity contribution in [3.8, 4) is 0 Å². The average Bonchev–Trinajstić information content (AvgIpc) is 2.85. The van der Waals surface area contributed by atoms with E-state index in [-0.39, 0.29) is 24.5 Å². The van der Waals surface area contributed by atoms with Crippen LogP contribution in [0.5, 0.6) is 0 Å². The van der Waals surface area contributed by atoms with Crippen molar-refractivity contribution in [2.24, 2.45) is 23.2 Å².